The molecule has 1 aliphatic heterocycles. The Balaban J connectivity index is 2.42. The fourth-order valence-corrected chi connectivity index (χ4v) is 2.75. The molecule has 1 heterocycles. The van der Waals surface area contributed by atoms with Gasteiger partial charge in [0.2, 0.25) is 5.91 Å². The maximum atomic E-state index is 12.0. The first kappa shape index (κ1) is 18.4. The van der Waals surface area contributed by atoms with Crippen LogP contribution in [0.1, 0.15) is 46.5 Å². The number of hydrogen-bond donors (Lipinski definition) is 2. The van der Waals surface area contributed by atoms with Gasteiger partial charge in [0.05, 0.1) is 19.3 Å². The van der Waals surface area contributed by atoms with E-state index in [-0.39, 0.29) is 11.9 Å². The molecule has 5 heteroatoms. The average Bonchev–Trinajstić information content (AvgIpc) is 2.49. The van der Waals surface area contributed by atoms with Crippen molar-refractivity contribution >= 4 is 5.91 Å². The van der Waals surface area contributed by atoms with Gasteiger partial charge in [-0.05, 0) is 18.8 Å². The minimum atomic E-state index is -0.366. The zero-order valence-electron chi connectivity index (χ0n) is 13.9. The molecule has 1 saturated heterocycles. The molecule has 2 atom stereocenters. The van der Waals surface area contributed by atoms with E-state index in [1.807, 2.05) is 0 Å². The second-order valence-electron chi connectivity index (χ2n) is 6.43. The number of ether oxygens (including phenoxy) is 1. The van der Waals surface area contributed by atoms with Crippen molar-refractivity contribution < 1.29 is 9.53 Å². The highest BCUT2D eigenvalue weighted by molar-refractivity contribution is 5.81. The van der Waals surface area contributed by atoms with Crippen LogP contribution in [0.25, 0.3) is 0 Å². The zero-order valence-corrected chi connectivity index (χ0v) is 13.9. The number of morpholine rings is 1. The summed E-state index contributed by atoms with van der Waals surface area (Å²) in [5.41, 5.74) is 5.92. The van der Waals surface area contributed by atoms with Crippen molar-refractivity contribution in [2.45, 2.75) is 58.5 Å². The third kappa shape index (κ3) is 7.25. The summed E-state index contributed by atoms with van der Waals surface area (Å²) < 4.78 is 5.41. The number of unbranched alkanes of at least 4 members (excludes halogenated alkanes) is 1. The van der Waals surface area contributed by atoms with Gasteiger partial charge in [0, 0.05) is 25.7 Å². The first-order valence-corrected chi connectivity index (χ1v) is 8.39. The van der Waals surface area contributed by atoms with Crippen molar-refractivity contribution in [3.63, 3.8) is 0 Å². The highest BCUT2D eigenvalue weighted by Gasteiger charge is 2.23. The molecule has 0 radical (unpaired) electrons. The number of nitrogens with zero attached hydrogens (tertiary/aromatic N) is 1. The van der Waals surface area contributed by atoms with E-state index in [0.29, 0.717) is 18.5 Å². The summed E-state index contributed by atoms with van der Waals surface area (Å²) in [6.45, 7) is 10.7. The van der Waals surface area contributed by atoms with Crippen molar-refractivity contribution in [2.24, 2.45) is 11.7 Å². The van der Waals surface area contributed by atoms with Crippen LogP contribution in [0, 0.1) is 5.92 Å². The molecule has 0 saturated carbocycles. The summed E-state index contributed by atoms with van der Waals surface area (Å²) in [6, 6.07) is 0.0190. The molecule has 1 aliphatic rings. The first-order chi connectivity index (χ1) is 10.0. The molecule has 1 amide bonds. The first-order valence-electron chi connectivity index (χ1n) is 8.39. The maximum Gasteiger partial charge on any atom is 0.236 e. The molecule has 2 unspecified atom stereocenters. The molecule has 0 aromatic carbocycles. The van der Waals surface area contributed by atoms with Crippen LogP contribution in [0.4, 0.5) is 0 Å². The molecule has 5 nitrogen and oxygen atoms in total. The normalized spacial score (nSPS) is 19.5. The van der Waals surface area contributed by atoms with Gasteiger partial charge in [-0.3, -0.25) is 9.69 Å². The van der Waals surface area contributed by atoms with E-state index in [0.717, 1.165) is 52.0 Å². The van der Waals surface area contributed by atoms with Gasteiger partial charge in [-0.25, -0.2) is 0 Å². The van der Waals surface area contributed by atoms with Crippen LogP contribution in [0.2, 0.25) is 0 Å². The Hall–Kier alpha value is -0.650. The van der Waals surface area contributed by atoms with Gasteiger partial charge in [-0.1, -0.05) is 33.6 Å². The quantitative estimate of drug-likeness (QED) is 0.675. The summed E-state index contributed by atoms with van der Waals surface area (Å²) >= 11 is 0. The van der Waals surface area contributed by atoms with Crippen molar-refractivity contribution in [1.82, 2.24) is 10.2 Å². The second-order valence-corrected chi connectivity index (χ2v) is 6.43. The van der Waals surface area contributed by atoms with E-state index in [2.05, 4.69) is 31.0 Å². The third-order valence-electron chi connectivity index (χ3n) is 4.02. The van der Waals surface area contributed by atoms with E-state index in [9.17, 15) is 4.79 Å². The van der Waals surface area contributed by atoms with Gasteiger partial charge < -0.3 is 15.8 Å². The molecule has 21 heavy (non-hydrogen) atoms. The minimum absolute atomic E-state index is 0.00883. The number of rotatable bonds is 9. The average molecular weight is 299 g/mol. The van der Waals surface area contributed by atoms with Crippen molar-refractivity contribution in [3.05, 3.63) is 0 Å². The highest BCUT2D eigenvalue weighted by Crippen LogP contribution is 2.13. The predicted octanol–water partition coefficient (Wildman–Crippen LogP) is 1.37. The van der Waals surface area contributed by atoms with Crippen LogP contribution in [-0.2, 0) is 9.53 Å². The molecule has 3 N–H and O–H groups in total. The summed E-state index contributed by atoms with van der Waals surface area (Å²) in [5.74, 6) is 0.606. The van der Waals surface area contributed by atoms with Crippen molar-refractivity contribution in [1.29, 1.82) is 0 Å². The Bertz CT molecular complexity index is 291. The molecule has 1 rings (SSSR count). The molecular formula is C16H33N3O2. The predicted molar refractivity (Wildman–Crippen MR) is 86.1 cm³/mol. The molecule has 1 fully saturated rings. The molecule has 124 valence electrons. The maximum absolute atomic E-state index is 12.0. The Kier molecular flexibility index (Phi) is 8.88. The van der Waals surface area contributed by atoms with E-state index in [4.69, 9.17) is 10.5 Å². The molecule has 0 bridgehead atoms. The molecular weight excluding hydrogens is 266 g/mol. The lowest BCUT2D eigenvalue weighted by Crippen LogP contribution is -2.51. The lowest BCUT2D eigenvalue weighted by molar-refractivity contribution is -0.122. The summed E-state index contributed by atoms with van der Waals surface area (Å²) in [5, 5.41) is 3.05. The Morgan fingerprint density at radius 1 is 1.33 bits per heavy atom. The number of carbonyl (C=O) groups is 1. The summed E-state index contributed by atoms with van der Waals surface area (Å²) in [6.07, 6.45) is 3.94. The van der Waals surface area contributed by atoms with Gasteiger partial charge in [0.1, 0.15) is 0 Å². The highest BCUT2D eigenvalue weighted by atomic mass is 16.5. The summed E-state index contributed by atoms with van der Waals surface area (Å²) in [4.78, 5) is 14.5. The SMILES string of the molecule is CCCCC(N)C(=O)NCC(CC(C)C)N1CCOCC1. The van der Waals surface area contributed by atoms with Crippen LogP contribution in [-0.4, -0.2) is 55.7 Å². The topological polar surface area (TPSA) is 67.6 Å². The van der Waals surface area contributed by atoms with E-state index < -0.39 is 0 Å². The molecule has 0 aromatic heterocycles. The minimum Gasteiger partial charge on any atom is -0.379 e. The van der Waals surface area contributed by atoms with Gasteiger partial charge in [-0.2, -0.15) is 0 Å². The Labute approximate surface area is 129 Å². The second kappa shape index (κ2) is 10.1. The fourth-order valence-electron chi connectivity index (χ4n) is 2.75. The number of hydrogen-bond acceptors (Lipinski definition) is 4. The van der Waals surface area contributed by atoms with Gasteiger partial charge in [-0.15, -0.1) is 0 Å². The van der Waals surface area contributed by atoms with Crippen LogP contribution in [0.5, 0.6) is 0 Å². The van der Waals surface area contributed by atoms with E-state index in [1.165, 1.54) is 0 Å². The number of nitrogens with one attached hydrogen (secondary N) is 1. The van der Waals surface area contributed by atoms with Crippen molar-refractivity contribution in [3.8, 4) is 0 Å². The lowest BCUT2D eigenvalue weighted by Gasteiger charge is -2.35. The summed E-state index contributed by atoms with van der Waals surface area (Å²) in [7, 11) is 0. The zero-order chi connectivity index (χ0) is 15.7. The monoisotopic (exact) mass is 299 g/mol. The van der Waals surface area contributed by atoms with Crippen molar-refractivity contribution in [2.75, 3.05) is 32.8 Å². The lowest BCUT2D eigenvalue weighted by atomic mass is 10.0. The van der Waals surface area contributed by atoms with E-state index >= 15 is 0 Å². The van der Waals surface area contributed by atoms with Crippen LogP contribution in [0.3, 0.4) is 0 Å². The molecule has 0 aliphatic carbocycles. The number of nitrogens with two attached hydrogens (primary N) is 1. The Morgan fingerprint density at radius 3 is 2.57 bits per heavy atom. The molecule has 0 aromatic rings. The fraction of sp³-hybridized carbons (Fsp3) is 0.938. The number of carbonyl (C=O) groups excluding carboxylic acids is 1. The standard InChI is InChI=1S/C16H33N3O2/c1-4-5-6-15(17)16(20)18-12-14(11-13(2)3)19-7-9-21-10-8-19/h13-15H,4-12,17H2,1-3H3,(H,18,20). The van der Waals surface area contributed by atoms with Crippen LogP contribution in [0.15, 0.2) is 0 Å². The largest absolute Gasteiger partial charge is 0.379 e. The van der Waals surface area contributed by atoms with Crippen LogP contribution < -0.4 is 11.1 Å². The smallest absolute Gasteiger partial charge is 0.236 e. The van der Waals surface area contributed by atoms with Crippen LogP contribution >= 0.6 is 0 Å². The van der Waals surface area contributed by atoms with E-state index in [1.54, 1.807) is 0 Å². The van der Waals surface area contributed by atoms with Gasteiger partial charge in [0.25, 0.3) is 0 Å². The number of amides is 1. The van der Waals surface area contributed by atoms with Gasteiger partial charge >= 0.3 is 0 Å². The Morgan fingerprint density at radius 2 is 2.00 bits per heavy atom. The van der Waals surface area contributed by atoms with Gasteiger partial charge in [0.15, 0.2) is 0 Å². The molecule has 0 spiro atoms. The third-order valence-corrected chi connectivity index (χ3v) is 4.02.